The zero-order chi connectivity index (χ0) is 13.1. The van der Waals surface area contributed by atoms with Crippen molar-refractivity contribution in [2.24, 2.45) is 0 Å². The van der Waals surface area contributed by atoms with Crippen molar-refractivity contribution in [1.82, 2.24) is 0 Å². The summed E-state index contributed by atoms with van der Waals surface area (Å²) in [5.74, 6) is 1.25. The standard InChI is InChI=1S/C16H18O2/c1-11-8-12(2)16(17)14(9-11)10-13-4-6-15(18-3)7-5-13/h4-9,17H,10H2,1-3H3. The summed E-state index contributed by atoms with van der Waals surface area (Å²) in [4.78, 5) is 0. The number of hydrogen-bond donors (Lipinski definition) is 1. The van der Waals surface area contributed by atoms with E-state index in [1.807, 2.05) is 50.2 Å². The maximum atomic E-state index is 10.1. The molecule has 0 unspecified atom stereocenters. The van der Waals surface area contributed by atoms with Crippen LogP contribution in [0.25, 0.3) is 0 Å². The molecule has 2 heteroatoms. The van der Waals surface area contributed by atoms with Crippen LogP contribution in [0.1, 0.15) is 22.3 Å². The number of aryl methyl sites for hydroxylation is 2. The molecule has 1 N–H and O–H groups in total. The molecule has 0 aromatic heterocycles. The average molecular weight is 242 g/mol. The van der Waals surface area contributed by atoms with Crippen molar-refractivity contribution in [2.45, 2.75) is 20.3 Å². The molecule has 2 rings (SSSR count). The number of rotatable bonds is 3. The number of methoxy groups -OCH3 is 1. The van der Waals surface area contributed by atoms with Crippen LogP contribution in [0.4, 0.5) is 0 Å². The van der Waals surface area contributed by atoms with E-state index in [0.29, 0.717) is 5.75 Å². The number of phenolic OH excluding ortho intramolecular Hbond substituents is 1. The molecule has 0 saturated heterocycles. The van der Waals surface area contributed by atoms with E-state index >= 15 is 0 Å². The van der Waals surface area contributed by atoms with Crippen molar-refractivity contribution >= 4 is 0 Å². The fourth-order valence-corrected chi connectivity index (χ4v) is 2.15. The molecule has 0 heterocycles. The Labute approximate surface area is 108 Å². The van der Waals surface area contributed by atoms with Crippen LogP contribution in [0, 0.1) is 13.8 Å². The first-order valence-corrected chi connectivity index (χ1v) is 6.02. The average Bonchev–Trinajstić information content (AvgIpc) is 2.36. The first-order valence-electron chi connectivity index (χ1n) is 6.02. The quantitative estimate of drug-likeness (QED) is 0.891. The highest BCUT2D eigenvalue weighted by Gasteiger charge is 2.06. The summed E-state index contributed by atoms with van der Waals surface area (Å²) < 4.78 is 5.13. The first kappa shape index (κ1) is 12.5. The Morgan fingerprint density at radius 3 is 2.33 bits per heavy atom. The second kappa shape index (κ2) is 5.13. The normalized spacial score (nSPS) is 10.4. The molecular formula is C16H18O2. The summed E-state index contributed by atoms with van der Waals surface area (Å²) in [6.07, 6.45) is 0.734. The highest BCUT2D eigenvalue weighted by molar-refractivity contribution is 5.45. The zero-order valence-electron chi connectivity index (χ0n) is 11.0. The largest absolute Gasteiger partial charge is 0.507 e. The summed E-state index contributed by atoms with van der Waals surface area (Å²) in [5, 5.41) is 10.1. The summed E-state index contributed by atoms with van der Waals surface area (Å²) >= 11 is 0. The molecule has 2 nitrogen and oxygen atoms in total. The SMILES string of the molecule is COc1ccc(Cc2cc(C)cc(C)c2O)cc1. The Morgan fingerprint density at radius 1 is 1.06 bits per heavy atom. The molecule has 0 amide bonds. The van der Waals surface area contributed by atoms with Crippen LogP contribution < -0.4 is 4.74 Å². The summed E-state index contributed by atoms with van der Waals surface area (Å²) in [7, 11) is 1.66. The van der Waals surface area contributed by atoms with Crippen molar-refractivity contribution in [3.63, 3.8) is 0 Å². The van der Waals surface area contributed by atoms with E-state index in [0.717, 1.165) is 28.9 Å². The third kappa shape index (κ3) is 2.65. The van der Waals surface area contributed by atoms with E-state index in [1.54, 1.807) is 7.11 Å². The van der Waals surface area contributed by atoms with E-state index in [9.17, 15) is 5.11 Å². The maximum absolute atomic E-state index is 10.1. The van der Waals surface area contributed by atoms with Crippen molar-refractivity contribution in [2.75, 3.05) is 7.11 Å². The van der Waals surface area contributed by atoms with Gasteiger partial charge in [0.1, 0.15) is 11.5 Å². The van der Waals surface area contributed by atoms with Crippen LogP contribution in [0.5, 0.6) is 11.5 Å². The highest BCUT2D eigenvalue weighted by Crippen LogP contribution is 2.26. The van der Waals surface area contributed by atoms with Crippen molar-refractivity contribution in [1.29, 1.82) is 0 Å². The Bertz CT molecular complexity index is 542. The lowest BCUT2D eigenvalue weighted by Crippen LogP contribution is -1.92. The summed E-state index contributed by atoms with van der Waals surface area (Å²) in [5.41, 5.74) is 4.24. The molecule has 0 saturated carbocycles. The van der Waals surface area contributed by atoms with Crippen LogP contribution in [0.2, 0.25) is 0 Å². The van der Waals surface area contributed by atoms with E-state index in [4.69, 9.17) is 4.74 Å². The molecule has 0 bridgehead atoms. The molecule has 0 aliphatic heterocycles. The lowest BCUT2D eigenvalue weighted by molar-refractivity contribution is 0.414. The van der Waals surface area contributed by atoms with Gasteiger partial charge in [-0.1, -0.05) is 29.8 Å². The van der Waals surface area contributed by atoms with E-state index < -0.39 is 0 Å². The third-order valence-electron chi connectivity index (χ3n) is 3.08. The van der Waals surface area contributed by atoms with Gasteiger partial charge in [0.25, 0.3) is 0 Å². The van der Waals surface area contributed by atoms with Crippen LogP contribution in [0.15, 0.2) is 36.4 Å². The molecule has 2 aromatic carbocycles. The van der Waals surface area contributed by atoms with Gasteiger partial charge in [-0.15, -0.1) is 0 Å². The van der Waals surface area contributed by atoms with Gasteiger partial charge in [0.2, 0.25) is 0 Å². The van der Waals surface area contributed by atoms with Crippen LogP contribution in [0.3, 0.4) is 0 Å². The van der Waals surface area contributed by atoms with Crippen LogP contribution >= 0.6 is 0 Å². The zero-order valence-corrected chi connectivity index (χ0v) is 11.0. The number of phenols is 1. The minimum Gasteiger partial charge on any atom is -0.507 e. The molecule has 2 aromatic rings. The number of benzene rings is 2. The molecule has 0 aliphatic rings. The molecule has 18 heavy (non-hydrogen) atoms. The number of hydrogen-bond acceptors (Lipinski definition) is 2. The van der Waals surface area contributed by atoms with Crippen molar-refractivity contribution in [3.05, 3.63) is 58.7 Å². The number of aromatic hydroxyl groups is 1. The van der Waals surface area contributed by atoms with Gasteiger partial charge >= 0.3 is 0 Å². The van der Waals surface area contributed by atoms with Gasteiger partial charge in [-0.2, -0.15) is 0 Å². The smallest absolute Gasteiger partial charge is 0.122 e. The fraction of sp³-hybridized carbons (Fsp3) is 0.250. The minimum absolute atomic E-state index is 0.399. The number of ether oxygens (including phenoxy) is 1. The lowest BCUT2D eigenvalue weighted by Gasteiger charge is -2.09. The van der Waals surface area contributed by atoms with Gasteiger partial charge in [0, 0.05) is 6.42 Å². The monoisotopic (exact) mass is 242 g/mol. The summed E-state index contributed by atoms with van der Waals surface area (Å²) in [6, 6.07) is 12.0. The van der Waals surface area contributed by atoms with Crippen molar-refractivity contribution < 1.29 is 9.84 Å². The van der Waals surface area contributed by atoms with Gasteiger partial charge in [0.05, 0.1) is 7.11 Å². The lowest BCUT2D eigenvalue weighted by atomic mass is 9.99. The molecule has 0 atom stereocenters. The molecular weight excluding hydrogens is 224 g/mol. The maximum Gasteiger partial charge on any atom is 0.122 e. The predicted molar refractivity (Wildman–Crippen MR) is 73.4 cm³/mol. The minimum atomic E-state index is 0.399. The molecule has 94 valence electrons. The molecule has 0 aliphatic carbocycles. The van der Waals surface area contributed by atoms with Crippen molar-refractivity contribution in [3.8, 4) is 11.5 Å². The van der Waals surface area contributed by atoms with Crippen LogP contribution in [-0.4, -0.2) is 12.2 Å². The first-order chi connectivity index (χ1) is 8.60. The highest BCUT2D eigenvalue weighted by atomic mass is 16.5. The molecule has 0 radical (unpaired) electrons. The van der Waals surface area contributed by atoms with Gasteiger partial charge in [-0.25, -0.2) is 0 Å². The molecule has 0 fully saturated rings. The van der Waals surface area contributed by atoms with E-state index in [-0.39, 0.29) is 0 Å². The Morgan fingerprint density at radius 2 is 1.72 bits per heavy atom. The van der Waals surface area contributed by atoms with Gasteiger partial charge in [-0.05, 0) is 42.7 Å². The second-order valence-electron chi connectivity index (χ2n) is 4.61. The van der Waals surface area contributed by atoms with Crippen LogP contribution in [-0.2, 0) is 6.42 Å². The Hall–Kier alpha value is -1.96. The van der Waals surface area contributed by atoms with E-state index in [1.165, 1.54) is 5.56 Å². The topological polar surface area (TPSA) is 29.5 Å². The van der Waals surface area contributed by atoms with Gasteiger partial charge < -0.3 is 9.84 Å². The Balaban J connectivity index is 2.27. The fourth-order valence-electron chi connectivity index (χ4n) is 2.15. The second-order valence-corrected chi connectivity index (χ2v) is 4.61. The Kier molecular flexibility index (Phi) is 3.56. The predicted octanol–water partition coefficient (Wildman–Crippen LogP) is 3.61. The third-order valence-corrected chi connectivity index (χ3v) is 3.08. The summed E-state index contributed by atoms with van der Waals surface area (Å²) in [6.45, 7) is 3.98. The van der Waals surface area contributed by atoms with E-state index in [2.05, 4.69) is 0 Å². The molecule has 0 spiro atoms. The van der Waals surface area contributed by atoms with Gasteiger partial charge in [-0.3, -0.25) is 0 Å². The van der Waals surface area contributed by atoms with Gasteiger partial charge in [0.15, 0.2) is 0 Å².